The van der Waals surface area contributed by atoms with Crippen molar-refractivity contribution in [1.82, 2.24) is 0 Å². The van der Waals surface area contributed by atoms with Gasteiger partial charge in [-0.25, -0.2) is 0 Å². The summed E-state index contributed by atoms with van der Waals surface area (Å²) >= 11 is 2.35. The van der Waals surface area contributed by atoms with Gasteiger partial charge in [0.15, 0.2) is 0 Å². The predicted octanol–water partition coefficient (Wildman–Crippen LogP) is 5.64. The van der Waals surface area contributed by atoms with Gasteiger partial charge in [-0.1, -0.05) is 30.3 Å². The van der Waals surface area contributed by atoms with Gasteiger partial charge in [0.05, 0.1) is 14.2 Å². The maximum atomic E-state index is 5.25. The van der Waals surface area contributed by atoms with E-state index in [1.807, 2.05) is 24.3 Å². The van der Waals surface area contributed by atoms with Crippen LogP contribution in [0.5, 0.6) is 11.5 Å². The van der Waals surface area contributed by atoms with Crippen molar-refractivity contribution in [2.75, 3.05) is 14.2 Å². The van der Waals surface area contributed by atoms with Crippen LogP contribution in [0.15, 0.2) is 66.7 Å². The molecule has 2 nitrogen and oxygen atoms in total. The van der Waals surface area contributed by atoms with E-state index in [1.54, 1.807) is 14.2 Å². The highest BCUT2D eigenvalue weighted by Gasteiger charge is 2.09. The van der Waals surface area contributed by atoms with Crippen LogP contribution in [0, 0.1) is 3.57 Å². The Hall–Kier alpha value is -2.01. The zero-order chi connectivity index (χ0) is 16.2. The average Bonchev–Trinajstić information content (AvgIpc) is 2.62. The van der Waals surface area contributed by atoms with Crippen LogP contribution < -0.4 is 9.47 Å². The standard InChI is InChI=1S/C20H17IO2/c1-22-17-8-3-14(4-9-17)19-12-7-16(21)13-20(19)15-5-10-18(23-2)11-6-15/h3-13H,1-2H3. The Labute approximate surface area is 150 Å². The fraction of sp³-hybridized carbons (Fsp3) is 0.100. The Morgan fingerprint density at radius 2 is 1.09 bits per heavy atom. The second-order valence-corrected chi connectivity index (χ2v) is 6.39. The molecular formula is C20H17IO2. The Morgan fingerprint density at radius 3 is 1.57 bits per heavy atom. The predicted molar refractivity (Wildman–Crippen MR) is 103 cm³/mol. The van der Waals surface area contributed by atoms with E-state index in [1.165, 1.54) is 25.8 Å². The smallest absolute Gasteiger partial charge is 0.118 e. The summed E-state index contributed by atoms with van der Waals surface area (Å²) in [6.07, 6.45) is 0. The van der Waals surface area contributed by atoms with Crippen LogP contribution in [0.3, 0.4) is 0 Å². The van der Waals surface area contributed by atoms with Gasteiger partial charge in [-0.2, -0.15) is 0 Å². The molecule has 0 aliphatic rings. The number of rotatable bonds is 4. The average molecular weight is 416 g/mol. The van der Waals surface area contributed by atoms with E-state index in [0.717, 1.165) is 11.5 Å². The SMILES string of the molecule is COc1ccc(-c2ccc(I)cc2-c2ccc(OC)cc2)cc1. The van der Waals surface area contributed by atoms with E-state index in [9.17, 15) is 0 Å². The fourth-order valence-corrected chi connectivity index (χ4v) is 3.04. The molecule has 0 heterocycles. The van der Waals surface area contributed by atoms with E-state index in [-0.39, 0.29) is 0 Å². The minimum Gasteiger partial charge on any atom is -0.497 e. The van der Waals surface area contributed by atoms with Gasteiger partial charge in [0.2, 0.25) is 0 Å². The molecule has 3 aromatic carbocycles. The van der Waals surface area contributed by atoms with Crippen molar-refractivity contribution in [2.45, 2.75) is 0 Å². The zero-order valence-corrected chi connectivity index (χ0v) is 15.2. The molecule has 0 unspecified atom stereocenters. The molecule has 0 bridgehead atoms. The third kappa shape index (κ3) is 3.50. The summed E-state index contributed by atoms with van der Waals surface area (Å²) in [6.45, 7) is 0. The highest BCUT2D eigenvalue weighted by Crippen LogP contribution is 2.34. The summed E-state index contributed by atoms with van der Waals surface area (Å²) in [6, 6.07) is 22.9. The van der Waals surface area contributed by atoms with Gasteiger partial charge in [0, 0.05) is 3.57 Å². The highest BCUT2D eigenvalue weighted by atomic mass is 127. The Balaban J connectivity index is 2.09. The third-order valence-electron chi connectivity index (χ3n) is 3.78. The largest absolute Gasteiger partial charge is 0.497 e. The Morgan fingerprint density at radius 1 is 0.609 bits per heavy atom. The summed E-state index contributed by atoms with van der Waals surface area (Å²) in [7, 11) is 3.37. The van der Waals surface area contributed by atoms with E-state index in [0.29, 0.717) is 0 Å². The Kier molecular flexibility index (Phi) is 4.86. The normalized spacial score (nSPS) is 10.4. The van der Waals surface area contributed by atoms with Crippen LogP contribution in [-0.2, 0) is 0 Å². The molecule has 0 saturated heterocycles. The van der Waals surface area contributed by atoms with Crippen LogP contribution in [-0.4, -0.2) is 14.2 Å². The molecule has 0 saturated carbocycles. The van der Waals surface area contributed by atoms with Gasteiger partial charge in [-0.15, -0.1) is 0 Å². The number of benzene rings is 3. The van der Waals surface area contributed by atoms with Gasteiger partial charge in [-0.05, 0) is 81.2 Å². The summed E-state index contributed by atoms with van der Waals surface area (Å²) in [4.78, 5) is 0. The molecule has 3 rings (SSSR count). The van der Waals surface area contributed by atoms with Gasteiger partial charge in [0.25, 0.3) is 0 Å². The van der Waals surface area contributed by atoms with Gasteiger partial charge < -0.3 is 9.47 Å². The van der Waals surface area contributed by atoms with Gasteiger partial charge in [0.1, 0.15) is 11.5 Å². The van der Waals surface area contributed by atoms with Gasteiger partial charge >= 0.3 is 0 Å². The molecule has 23 heavy (non-hydrogen) atoms. The molecule has 0 spiro atoms. The van der Waals surface area contributed by atoms with Crippen LogP contribution in [0.2, 0.25) is 0 Å². The van der Waals surface area contributed by atoms with Crippen LogP contribution in [0.25, 0.3) is 22.3 Å². The molecule has 0 fully saturated rings. The lowest BCUT2D eigenvalue weighted by Gasteiger charge is -2.12. The molecule has 116 valence electrons. The number of hydrogen-bond acceptors (Lipinski definition) is 2. The van der Waals surface area contributed by atoms with Crippen molar-refractivity contribution in [2.24, 2.45) is 0 Å². The van der Waals surface area contributed by atoms with E-state index < -0.39 is 0 Å². The van der Waals surface area contributed by atoms with E-state index in [2.05, 4.69) is 65.1 Å². The summed E-state index contributed by atoms with van der Waals surface area (Å²) < 4.78 is 11.7. The summed E-state index contributed by atoms with van der Waals surface area (Å²) in [5.41, 5.74) is 4.77. The quantitative estimate of drug-likeness (QED) is 0.513. The first-order chi connectivity index (χ1) is 11.2. The highest BCUT2D eigenvalue weighted by molar-refractivity contribution is 14.1. The zero-order valence-electron chi connectivity index (χ0n) is 13.0. The van der Waals surface area contributed by atoms with Crippen molar-refractivity contribution >= 4 is 22.6 Å². The first-order valence-corrected chi connectivity index (χ1v) is 8.37. The monoisotopic (exact) mass is 416 g/mol. The lowest BCUT2D eigenvalue weighted by atomic mass is 9.94. The second-order valence-electron chi connectivity index (χ2n) is 5.15. The van der Waals surface area contributed by atoms with Crippen molar-refractivity contribution in [1.29, 1.82) is 0 Å². The molecule has 0 aliphatic heterocycles. The lowest BCUT2D eigenvalue weighted by molar-refractivity contribution is 0.414. The first kappa shape index (κ1) is 15.9. The van der Waals surface area contributed by atoms with E-state index >= 15 is 0 Å². The minimum atomic E-state index is 0.866. The molecular weight excluding hydrogens is 399 g/mol. The molecule has 3 aromatic rings. The Bertz CT molecular complexity index is 793. The number of methoxy groups -OCH3 is 2. The molecule has 0 aromatic heterocycles. The molecule has 0 aliphatic carbocycles. The maximum Gasteiger partial charge on any atom is 0.118 e. The van der Waals surface area contributed by atoms with Crippen LogP contribution in [0.4, 0.5) is 0 Å². The number of hydrogen-bond donors (Lipinski definition) is 0. The summed E-state index contributed by atoms with van der Waals surface area (Å²) in [5.74, 6) is 1.73. The van der Waals surface area contributed by atoms with Crippen molar-refractivity contribution in [3.05, 3.63) is 70.3 Å². The number of ether oxygens (including phenoxy) is 2. The van der Waals surface area contributed by atoms with Crippen molar-refractivity contribution in [3.63, 3.8) is 0 Å². The van der Waals surface area contributed by atoms with Crippen molar-refractivity contribution < 1.29 is 9.47 Å². The van der Waals surface area contributed by atoms with Crippen LogP contribution >= 0.6 is 22.6 Å². The number of halogens is 1. The summed E-state index contributed by atoms with van der Waals surface area (Å²) in [5, 5.41) is 0. The fourth-order valence-electron chi connectivity index (χ4n) is 2.55. The minimum absolute atomic E-state index is 0.866. The van der Waals surface area contributed by atoms with E-state index in [4.69, 9.17) is 9.47 Å². The molecule has 3 heteroatoms. The lowest BCUT2D eigenvalue weighted by Crippen LogP contribution is -1.88. The topological polar surface area (TPSA) is 18.5 Å². The molecule has 0 radical (unpaired) electrons. The second kappa shape index (κ2) is 7.04. The van der Waals surface area contributed by atoms with Crippen LogP contribution in [0.1, 0.15) is 0 Å². The van der Waals surface area contributed by atoms with Crippen molar-refractivity contribution in [3.8, 4) is 33.8 Å². The molecule has 0 amide bonds. The third-order valence-corrected chi connectivity index (χ3v) is 4.45. The molecule has 0 N–H and O–H groups in total. The first-order valence-electron chi connectivity index (χ1n) is 7.29. The maximum absolute atomic E-state index is 5.25. The molecule has 0 atom stereocenters. The van der Waals surface area contributed by atoms with Gasteiger partial charge in [-0.3, -0.25) is 0 Å².